The van der Waals surface area contributed by atoms with Crippen LogP contribution in [0.4, 0.5) is 5.82 Å². The van der Waals surface area contributed by atoms with Crippen LogP contribution < -0.4 is 10.6 Å². The highest BCUT2D eigenvalue weighted by Crippen LogP contribution is 2.33. The first-order chi connectivity index (χ1) is 10.4. The molecule has 0 radical (unpaired) electrons. The van der Waals surface area contributed by atoms with E-state index in [1.165, 1.54) is 0 Å². The monoisotopic (exact) mass is 318 g/mol. The molecule has 0 fully saturated rings. The minimum atomic E-state index is -0.271. The predicted octanol–water partition coefficient (Wildman–Crippen LogP) is 3.14. The summed E-state index contributed by atoms with van der Waals surface area (Å²) in [5.74, 6) is 0.257. The molecule has 0 saturated carbocycles. The summed E-state index contributed by atoms with van der Waals surface area (Å²) >= 11 is 5.88. The van der Waals surface area contributed by atoms with Crippen LogP contribution >= 0.6 is 11.6 Å². The number of aromatic nitrogens is 2. The molecule has 1 amide bonds. The van der Waals surface area contributed by atoms with Gasteiger partial charge in [0, 0.05) is 17.1 Å². The number of fused-ring (bicyclic) bond motifs is 1. The lowest BCUT2D eigenvalue weighted by Gasteiger charge is -2.17. The number of carbonyl (C=O) groups is 1. The van der Waals surface area contributed by atoms with E-state index in [9.17, 15) is 4.79 Å². The quantitative estimate of drug-likeness (QED) is 0.814. The molecular weight excluding hydrogens is 300 g/mol. The Morgan fingerprint density at radius 3 is 2.73 bits per heavy atom. The van der Waals surface area contributed by atoms with Gasteiger partial charge in [0.15, 0.2) is 5.82 Å². The molecule has 1 atom stereocenters. The molecule has 1 unspecified atom stereocenters. The summed E-state index contributed by atoms with van der Waals surface area (Å²) in [6.45, 7) is 6.73. The number of rotatable bonds is 3. The van der Waals surface area contributed by atoms with Gasteiger partial charge in [0.1, 0.15) is 0 Å². The Labute approximate surface area is 134 Å². The van der Waals surface area contributed by atoms with Gasteiger partial charge in [0.25, 0.3) is 0 Å². The fourth-order valence-corrected chi connectivity index (χ4v) is 2.81. The molecule has 2 heterocycles. The van der Waals surface area contributed by atoms with Crippen molar-refractivity contribution in [2.75, 3.05) is 5.32 Å². The molecule has 3 N–H and O–H groups in total. The average Bonchev–Trinajstić information content (AvgIpc) is 3.01. The lowest BCUT2D eigenvalue weighted by atomic mass is 10.00. The summed E-state index contributed by atoms with van der Waals surface area (Å²) < 4.78 is 0. The number of benzene rings is 1. The second-order valence-corrected chi connectivity index (χ2v) is 6.60. The van der Waals surface area contributed by atoms with E-state index >= 15 is 0 Å². The van der Waals surface area contributed by atoms with Crippen LogP contribution in [-0.4, -0.2) is 16.1 Å². The Morgan fingerprint density at radius 2 is 2.05 bits per heavy atom. The zero-order chi connectivity index (χ0) is 15.9. The average molecular weight is 319 g/mol. The van der Waals surface area contributed by atoms with E-state index in [4.69, 9.17) is 11.6 Å². The first-order valence-corrected chi connectivity index (χ1v) is 7.65. The highest BCUT2D eigenvalue weighted by molar-refractivity contribution is 6.30. The summed E-state index contributed by atoms with van der Waals surface area (Å²) in [6.07, 6.45) is 0. The van der Waals surface area contributed by atoms with Crippen molar-refractivity contribution in [1.82, 2.24) is 15.5 Å². The fraction of sp³-hybridized carbons (Fsp3) is 0.375. The van der Waals surface area contributed by atoms with Crippen molar-refractivity contribution >= 4 is 23.3 Å². The zero-order valence-electron chi connectivity index (χ0n) is 12.8. The van der Waals surface area contributed by atoms with Crippen LogP contribution in [-0.2, 0) is 16.9 Å². The Balaban J connectivity index is 1.77. The highest BCUT2D eigenvalue weighted by atomic mass is 35.5. The number of amides is 1. The van der Waals surface area contributed by atoms with Gasteiger partial charge in [-0.1, -0.05) is 23.7 Å². The predicted molar refractivity (Wildman–Crippen MR) is 87.0 cm³/mol. The van der Waals surface area contributed by atoms with Crippen molar-refractivity contribution in [2.24, 2.45) is 0 Å². The van der Waals surface area contributed by atoms with E-state index in [0.29, 0.717) is 17.4 Å². The standard InChI is InChI=1S/C16H19ClN4O/c1-9(10-4-6-11(17)7-5-10)15(22)19-14-12-8-18-16(2,3)13(12)20-21-14/h4-7,9,18H,8H2,1-3H3,(H2,19,20,21,22). The summed E-state index contributed by atoms with van der Waals surface area (Å²) in [4.78, 5) is 12.4. The van der Waals surface area contributed by atoms with Crippen LogP contribution in [0.15, 0.2) is 24.3 Å². The Kier molecular flexibility index (Phi) is 3.70. The number of nitrogens with one attached hydrogen (secondary N) is 3. The number of halogens is 1. The Bertz CT molecular complexity index is 705. The second kappa shape index (κ2) is 5.41. The van der Waals surface area contributed by atoms with Crippen molar-refractivity contribution in [3.63, 3.8) is 0 Å². The van der Waals surface area contributed by atoms with Gasteiger partial charge in [0.05, 0.1) is 17.2 Å². The first-order valence-electron chi connectivity index (χ1n) is 7.27. The molecule has 1 aliphatic rings. The molecule has 6 heteroatoms. The molecule has 5 nitrogen and oxygen atoms in total. The maximum atomic E-state index is 12.4. The summed E-state index contributed by atoms with van der Waals surface area (Å²) in [5.41, 5.74) is 2.84. The summed E-state index contributed by atoms with van der Waals surface area (Å²) in [6, 6.07) is 7.32. The lowest BCUT2D eigenvalue weighted by molar-refractivity contribution is -0.117. The Hall–Kier alpha value is -1.85. The number of H-pyrrole nitrogens is 1. The van der Waals surface area contributed by atoms with Crippen LogP contribution in [0.5, 0.6) is 0 Å². The molecule has 0 saturated heterocycles. The van der Waals surface area contributed by atoms with Gasteiger partial charge in [-0.25, -0.2) is 0 Å². The topological polar surface area (TPSA) is 69.8 Å². The number of aromatic amines is 1. The zero-order valence-corrected chi connectivity index (χ0v) is 13.6. The van der Waals surface area contributed by atoms with Crippen molar-refractivity contribution in [2.45, 2.75) is 38.8 Å². The molecule has 0 aliphatic carbocycles. The fourth-order valence-electron chi connectivity index (χ4n) is 2.68. The van der Waals surface area contributed by atoms with Gasteiger partial charge in [-0.2, -0.15) is 5.10 Å². The van der Waals surface area contributed by atoms with Gasteiger partial charge in [-0.05, 0) is 38.5 Å². The van der Waals surface area contributed by atoms with Gasteiger partial charge in [-0.3, -0.25) is 9.89 Å². The lowest BCUT2D eigenvalue weighted by Crippen LogP contribution is -2.29. The minimum Gasteiger partial charge on any atom is -0.308 e. The first kappa shape index (κ1) is 15.1. The molecular formula is C16H19ClN4O. The molecule has 1 aliphatic heterocycles. The van der Waals surface area contributed by atoms with E-state index in [2.05, 4.69) is 34.7 Å². The second-order valence-electron chi connectivity index (χ2n) is 6.17. The smallest absolute Gasteiger partial charge is 0.232 e. The molecule has 2 aromatic rings. The molecule has 0 bridgehead atoms. The molecule has 116 valence electrons. The SMILES string of the molecule is CC(C(=O)Nc1n[nH]c2c1CNC2(C)C)c1ccc(Cl)cc1. The molecule has 1 aromatic heterocycles. The number of nitrogens with zero attached hydrogens (tertiary/aromatic N) is 1. The van der Waals surface area contributed by atoms with Crippen molar-refractivity contribution in [3.05, 3.63) is 46.1 Å². The molecule has 3 rings (SSSR count). The van der Waals surface area contributed by atoms with E-state index in [1.807, 2.05) is 19.1 Å². The highest BCUT2D eigenvalue weighted by Gasteiger charge is 2.34. The largest absolute Gasteiger partial charge is 0.308 e. The van der Waals surface area contributed by atoms with Crippen LogP contribution in [0.2, 0.25) is 5.02 Å². The van der Waals surface area contributed by atoms with Crippen LogP contribution in [0.3, 0.4) is 0 Å². The van der Waals surface area contributed by atoms with Crippen LogP contribution in [0, 0.1) is 0 Å². The number of anilines is 1. The van der Waals surface area contributed by atoms with Crippen LogP contribution in [0.1, 0.15) is 43.5 Å². The van der Waals surface area contributed by atoms with Gasteiger partial charge in [-0.15, -0.1) is 0 Å². The van der Waals surface area contributed by atoms with Crippen molar-refractivity contribution < 1.29 is 4.79 Å². The van der Waals surface area contributed by atoms with Crippen molar-refractivity contribution in [3.8, 4) is 0 Å². The van der Waals surface area contributed by atoms with Gasteiger partial charge < -0.3 is 10.6 Å². The van der Waals surface area contributed by atoms with E-state index in [0.717, 1.165) is 16.8 Å². The van der Waals surface area contributed by atoms with Crippen molar-refractivity contribution in [1.29, 1.82) is 0 Å². The number of carbonyl (C=O) groups excluding carboxylic acids is 1. The number of hydrogen-bond acceptors (Lipinski definition) is 3. The molecule has 1 aromatic carbocycles. The third-order valence-electron chi connectivity index (χ3n) is 4.20. The molecule has 22 heavy (non-hydrogen) atoms. The maximum absolute atomic E-state index is 12.4. The van der Waals surface area contributed by atoms with E-state index in [1.54, 1.807) is 12.1 Å². The summed E-state index contributed by atoms with van der Waals surface area (Å²) in [7, 11) is 0. The third-order valence-corrected chi connectivity index (χ3v) is 4.46. The van der Waals surface area contributed by atoms with E-state index < -0.39 is 0 Å². The van der Waals surface area contributed by atoms with E-state index in [-0.39, 0.29) is 17.4 Å². The summed E-state index contributed by atoms with van der Waals surface area (Å²) in [5, 5.41) is 14.2. The van der Waals surface area contributed by atoms with Gasteiger partial charge in [0.2, 0.25) is 5.91 Å². The maximum Gasteiger partial charge on any atom is 0.232 e. The van der Waals surface area contributed by atoms with Crippen LogP contribution in [0.25, 0.3) is 0 Å². The number of hydrogen-bond donors (Lipinski definition) is 3. The molecule has 0 spiro atoms. The normalized spacial score (nSPS) is 17.1. The minimum absolute atomic E-state index is 0.0821. The Morgan fingerprint density at radius 1 is 1.36 bits per heavy atom. The van der Waals surface area contributed by atoms with Gasteiger partial charge >= 0.3 is 0 Å². The third kappa shape index (κ3) is 2.62.